The van der Waals surface area contributed by atoms with Gasteiger partial charge in [-0.2, -0.15) is 4.98 Å². The van der Waals surface area contributed by atoms with Crippen molar-refractivity contribution in [1.82, 2.24) is 10.1 Å². The molecule has 0 aliphatic heterocycles. The standard InChI is InChI=1S/C6H12N4O/c1-4(7)5-8-6(9-11-5)10(2)3/h4H,7H2,1-3H3/t4-/m1/s1. The molecule has 1 atom stereocenters. The molecular formula is C6H12N4O. The number of anilines is 1. The van der Waals surface area contributed by atoms with Crippen molar-refractivity contribution < 1.29 is 4.52 Å². The van der Waals surface area contributed by atoms with Gasteiger partial charge < -0.3 is 15.2 Å². The Morgan fingerprint density at radius 2 is 2.18 bits per heavy atom. The molecule has 5 heteroatoms. The van der Waals surface area contributed by atoms with Gasteiger partial charge in [0.05, 0.1) is 6.04 Å². The van der Waals surface area contributed by atoms with E-state index in [1.54, 1.807) is 11.8 Å². The molecule has 0 unspecified atom stereocenters. The lowest BCUT2D eigenvalue weighted by Crippen LogP contribution is -2.11. The molecule has 0 aliphatic rings. The normalized spacial score (nSPS) is 13.1. The number of hydrogen-bond donors (Lipinski definition) is 1. The lowest BCUT2D eigenvalue weighted by atomic mass is 10.4. The number of nitrogens with zero attached hydrogens (tertiary/aromatic N) is 3. The molecule has 0 aromatic carbocycles. The number of nitrogens with two attached hydrogens (primary N) is 1. The Morgan fingerprint density at radius 3 is 2.45 bits per heavy atom. The van der Waals surface area contributed by atoms with E-state index in [0.29, 0.717) is 11.8 Å². The largest absolute Gasteiger partial charge is 0.344 e. The van der Waals surface area contributed by atoms with E-state index >= 15 is 0 Å². The van der Waals surface area contributed by atoms with Crippen LogP contribution in [0.5, 0.6) is 0 Å². The van der Waals surface area contributed by atoms with Gasteiger partial charge in [0.2, 0.25) is 5.89 Å². The summed E-state index contributed by atoms with van der Waals surface area (Å²) in [5.41, 5.74) is 5.51. The first-order valence-corrected chi connectivity index (χ1v) is 3.37. The van der Waals surface area contributed by atoms with Crippen molar-refractivity contribution >= 4 is 5.95 Å². The summed E-state index contributed by atoms with van der Waals surface area (Å²) in [6.45, 7) is 1.80. The van der Waals surface area contributed by atoms with Crippen LogP contribution >= 0.6 is 0 Å². The molecular weight excluding hydrogens is 144 g/mol. The summed E-state index contributed by atoms with van der Waals surface area (Å²) in [4.78, 5) is 5.79. The van der Waals surface area contributed by atoms with Gasteiger partial charge in [-0.05, 0) is 12.1 Å². The van der Waals surface area contributed by atoms with Gasteiger partial charge >= 0.3 is 0 Å². The van der Waals surface area contributed by atoms with Gasteiger partial charge in [0.1, 0.15) is 0 Å². The Hall–Kier alpha value is -1.10. The molecule has 0 radical (unpaired) electrons. The SMILES string of the molecule is C[C@@H](N)c1nc(N(C)C)no1. The number of aromatic nitrogens is 2. The minimum absolute atomic E-state index is 0.198. The first-order valence-electron chi connectivity index (χ1n) is 3.37. The first-order chi connectivity index (χ1) is 5.11. The summed E-state index contributed by atoms with van der Waals surface area (Å²) in [6.07, 6.45) is 0. The predicted octanol–water partition coefficient (Wildman–Crippen LogP) is 0.155. The van der Waals surface area contributed by atoms with Crippen LogP contribution in [-0.4, -0.2) is 24.2 Å². The lowest BCUT2D eigenvalue weighted by Gasteiger charge is -2.02. The van der Waals surface area contributed by atoms with E-state index in [4.69, 9.17) is 10.3 Å². The highest BCUT2D eigenvalue weighted by Crippen LogP contribution is 2.10. The highest BCUT2D eigenvalue weighted by molar-refractivity contribution is 5.23. The van der Waals surface area contributed by atoms with Crippen molar-refractivity contribution in [2.45, 2.75) is 13.0 Å². The van der Waals surface area contributed by atoms with Gasteiger partial charge in [-0.3, -0.25) is 0 Å². The minimum Gasteiger partial charge on any atom is -0.344 e. The molecule has 62 valence electrons. The lowest BCUT2D eigenvalue weighted by molar-refractivity contribution is 0.361. The van der Waals surface area contributed by atoms with Crippen molar-refractivity contribution in [2.75, 3.05) is 19.0 Å². The van der Waals surface area contributed by atoms with E-state index in [0.717, 1.165) is 0 Å². The Morgan fingerprint density at radius 1 is 1.55 bits per heavy atom. The molecule has 1 aromatic rings. The Balaban J connectivity index is 2.82. The summed E-state index contributed by atoms with van der Waals surface area (Å²) < 4.78 is 4.86. The molecule has 1 heterocycles. The molecule has 2 N–H and O–H groups in total. The van der Waals surface area contributed by atoms with Crippen LogP contribution in [0.1, 0.15) is 18.9 Å². The molecule has 11 heavy (non-hydrogen) atoms. The fourth-order valence-electron chi connectivity index (χ4n) is 0.594. The van der Waals surface area contributed by atoms with Crippen LogP contribution in [0.2, 0.25) is 0 Å². The van der Waals surface area contributed by atoms with Gasteiger partial charge in [-0.15, -0.1) is 0 Å². The molecule has 0 bridgehead atoms. The first kappa shape index (κ1) is 8.00. The topological polar surface area (TPSA) is 68.2 Å². The van der Waals surface area contributed by atoms with Crippen LogP contribution < -0.4 is 10.6 Å². The van der Waals surface area contributed by atoms with Crippen LogP contribution in [0.4, 0.5) is 5.95 Å². The fraction of sp³-hybridized carbons (Fsp3) is 0.667. The highest BCUT2D eigenvalue weighted by atomic mass is 16.5. The van der Waals surface area contributed by atoms with Gasteiger partial charge in [0, 0.05) is 14.1 Å². The van der Waals surface area contributed by atoms with Gasteiger partial charge in [0.25, 0.3) is 5.95 Å². The highest BCUT2D eigenvalue weighted by Gasteiger charge is 2.10. The number of hydrogen-bond acceptors (Lipinski definition) is 5. The third-order valence-electron chi connectivity index (χ3n) is 1.22. The molecule has 0 fully saturated rings. The van der Waals surface area contributed by atoms with Gasteiger partial charge in [0.15, 0.2) is 0 Å². The summed E-state index contributed by atoms with van der Waals surface area (Å²) in [6, 6.07) is -0.198. The third kappa shape index (κ3) is 1.68. The average Bonchev–Trinajstić information content (AvgIpc) is 2.33. The smallest absolute Gasteiger partial charge is 0.265 e. The molecule has 0 saturated heterocycles. The van der Waals surface area contributed by atoms with Gasteiger partial charge in [-0.1, -0.05) is 0 Å². The zero-order valence-corrected chi connectivity index (χ0v) is 6.90. The maximum Gasteiger partial charge on any atom is 0.265 e. The number of rotatable bonds is 2. The predicted molar refractivity (Wildman–Crippen MR) is 41.2 cm³/mol. The molecule has 1 aromatic heterocycles. The average molecular weight is 156 g/mol. The maximum absolute atomic E-state index is 5.51. The summed E-state index contributed by atoms with van der Waals surface area (Å²) in [5, 5.41) is 3.70. The minimum atomic E-state index is -0.198. The monoisotopic (exact) mass is 156 g/mol. The van der Waals surface area contributed by atoms with E-state index in [1.165, 1.54) is 0 Å². The summed E-state index contributed by atoms with van der Waals surface area (Å²) in [7, 11) is 3.69. The summed E-state index contributed by atoms with van der Waals surface area (Å²) in [5.74, 6) is 1.02. The van der Waals surface area contributed by atoms with Crippen molar-refractivity contribution in [2.24, 2.45) is 5.73 Å². The molecule has 0 spiro atoms. The Bertz CT molecular complexity index is 208. The zero-order valence-electron chi connectivity index (χ0n) is 6.90. The Labute approximate surface area is 65.2 Å². The van der Waals surface area contributed by atoms with Crippen molar-refractivity contribution in [3.63, 3.8) is 0 Å². The Kier molecular flexibility index (Phi) is 2.09. The van der Waals surface area contributed by atoms with Crippen molar-refractivity contribution in [1.29, 1.82) is 0 Å². The van der Waals surface area contributed by atoms with Crippen LogP contribution in [0.25, 0.3) is 0 Å². The van der Waals surface area contributed by atoms with Crippen molar-refractivity contribution in [3.05, 3.63) is 5.89 Å². The molecule has 0 amide bonds. The van der Waals surface area contributed by atoms with E-state index in [1.807, 2.05) is 14.1 Å². The molecule has 0 saturated carbocycles. The summed E-state index contributed by atoms with van der Waals surface area (Å²) >= 11 is 0. The van der Waals surface area contributed by atoms with Crippen LogP contribution in [0.15, 0.2) is 4.52 Å². The van der Waals surface area contributed by atoms with E-state index in [-0.39, 0.29) is 6.04 Å². The van der Waals surface area contributed by atoms with E-state index < -0.39 is 0 Å². The van der Waals surface area contributed by atoms with Crippen LogP contribution in [0.3, 0.4) is 0 Å². The maximum atomic E-state index is 5.51. The van der Waals surface area contributed by atoms with Crippen LogP contribution in [-0.2, 0) is 0 Å². The van der Waals surface area contributed by atoms with Gasteiger partial charge in [-0.25, -0.2) is 0 Å². The fourth-order valence-corrected chi connectivity index (χ4v) is 0.594. The second kappa shape index (κ2) is 2.87. The van der Waals surface area contributed by atoms with E-state index in [2.05, 4.69) is 10.1 Å². The zero-order chi connectivity index (χ0) is 8.43. The van der Waals surface area contributed by atoms with Crippen molar-refractivity contribution in [3.8, 4) is 0 Å². The molecule has 0 aliphatic carbocycles. The molecule has 5 nitrogen and oxygen atoms in total. The van der Waals surface area contributed by atoms with Crippen LogP contribution in [0, 0.1) is 0 Å². The quantitative estimate of drug-likeness (QED) is 0.660. The molecule has 1 rings (SSSR count). The second-order valence-corrected chi connectivity index (χ2v) is 2.62. The second-order valence-electron chi connectivity index (χ2n) is 2.62. The third-order valence-corrected chi connectivity index (χ3v) is 1.22. The van der Waals surface area contributed by atoms with E-state index in [9.17, 15) is 0 Å².